The first-order valence-electron chi connectivity index (χ1n) is 8.94. The Kier molecular flexibility index (Phi) is 5.26. The van der Waals surface area contributed by atoms with Gasteiger partial charge in [-0.05, 0) is 25.0 Å². The molecule has 4 rings (SSSR count). The molecule has 2 aliphatic rings. The van der Waals surface area contributed by atoms with Gasteiger partial charge in [-0.1, -0.05) is 29.5 Å². The van der Waals surface area contributed by atoms with E-state index in [0.29, 0.717) is 24.6 Å². The molecule has 1 aromatic carbocycles. The Hall–Kier alpha value is -1.86. The van der Waals surface area contributed by atoms with Gasteiger partial charge >= 0.3 is 0 Å². The van der Waals surface area contributed by atoms with Gasteiger partial charge in [-0.3, -0.25) is 9.59 Å². The average molecular weight is 388 g/mol. The van der Waals surface area contributed by atoms with E-state index in [4.69, 9.17) is 0 Å². The number of hydrogen-bond acceptors (Lipinski definition) is 5. The second-order valence-electron chi connectivity index (χ2n) is 6.63. The van der Waals surface area contributed by atoms with Crippen molar-refractivity contribution in [2.75, 3.05) is 17.6 Å². The van der Waals surface area contributed by atoms with Crippen molar-refractivity contribution in [3.8, 4) is 0 Å². The van der Waals surface area contributed by atoms with Crippen LogP contribution in [0.25, 0.3) is 0 Å². The summed E-state index contributed by atoms with van der Waals surface area (Å²) in [6.45, 7) is 1.32. The Morgan fingerprint density at radius 1 is 1.27 bits per heavy atom. The first kappa shape index (κ1) is 17.5. The van der Waals surface area contributed by atoms with E-state index < -0.39 is 0 Å². The molecule has 5 nitrogen and oxygen atoms in total. The van der Waals surface area contributed by atoms with E-state index in [1.54, 1.807) is 11.8 Å². The molecule has 2 heterocycles. The van der Waals surface area contributed by atoms with Gasteiger partial charge in [0.2, 0.25) is 11.8 Å². The van der Waals surface area contributed by atoms with Gasteiger partial charge in [0.25, 0.3) is 0 Å². The maximum atomic E-state index is 12.5. The second-order valence-corrected chi connectivity index (χ2v) is 8.88. The lowest BCUT2D eigenvalue weighted by Gasteiger charge is -2.26. The van der Waals surface area contributed by atoms with Crippen molar-refractivity contribution in [2.45, 2.75) is 37.1 Å². The van der Waals surface area contributed by atoms with Crippen LogP contribution in [0, 0.1) is 5.92 Å². The summed E-state index contributed by atoms with van der Waals surface area (Å²) in [5.41, 5.74) is 1.03. The largest absolute Gasteiger partial charge is 0.337 e. The molecule has 2 aromatic rings. The normalized spacial score (nSPS) is 16.2. The van der Waals surface area contributed by atoms with Gasteiger partial charge in [0, 0.05) is 40.8 Å². The number of rotatable bonds is 6. The number of carbonyl (C=O) groups excluding carboxylic acids is 2. The van der Waals surface area contributed by atoms with Gasteiger partial charge < -0.3 is 10.2 Å². The van der Waals surface area contributed by atoms with Crippen molar-refractivity contribution >= 4 is 40.0 Å². The van der Waals surface area contributed by atoms with Crippen LogP contribution in [-0.4, -0.2) is 34.0 Å². The van der Waals surface area contributed by atoms with Crippen molar-refractivity contribution in [1.29, 1.82) is 0 Å². The highest BCUT2D eigenvalue weighted by Gasteiger charge is 2.31. The van der Waals surface area contributed by atoms with Crippen molar-refractivity contribution in [1.82, 2.24) is 9.88 Å². The van der Waals surface area contributed by atoms with Crippen LogP contribution in [0.15, 0.2) is 35.2 Å². The number of carbonyl (C=O) groups is 2. The minimum atomic E-state index is 0.0852. The van der Waals surface area contributed by atoms with Gasteiger partial charge in [0.1, 0.15) is 0 Å². The lowest BCUT2D eigenvalue weighted by atomic mass is 10.1. The molecule has 0 spiro atoms. The molecule has 0 unspecified atom stereocenters. The van der Waals surface area contributed by atoms with E-state index in [1.165, 1.54) is 16.2 Å². The summed E-state index contributed by atoms with van der Waals surface area (Å²) in [5, 5.41) is 3.60. The standard InChI is InChI=1S/C19H21N3O2S2/c23-17(9-11-25-14-4-2-1-3-5-14)22-10-8-15-16(12-22)26-19(20-15)21-18(24)13-6-7-13/h1-5,13H,6-12H2,(H,20,21,24). The van der Waals surface area contributed by atoms with E-state index in [-0.39, 0.29) is 17.7 Å². The number of amides is 2. The molecule has 0 radical (unpaired) electrons. The molecule has 2 amide bonds. The monoisotopic (exact) mass is 387 g/mol. The number of thioether (sulfide) groups is 1. The molecule has 1 aliphatic heterocycles. The summed E-state index contributed by atoms with van der Waals surface area (Å²) >= 11 is 3.22. The van der Waals surface area contributed by atoms with Crippen molar-refractivity contribution in [2.24, 2.45) is 5.92 Å². The number of nitrogens with one attached hydrogen (secondary N) is 1. The van der Waals surface area contributed by atoms with Gasteiger partial charge in [0.05, 0.1) is 12.2 Å². The van der Waals surface area contributed by atoms with Crippen LogP contribution in [-0.2, 0) is 22.6 Å². The molecule has 26 heavy (non-hydrogen) atoms. The average Bonchev–Trinajstić information content (AvgIpc) is 3.43. The summed E-state index contributed by atoms with van der Waals surface area (Å²) in [6, 6.07) is 10.2. The van der Waals surface area contributed by atoms with Crippen molar-refractivity contribution in [3.05, 3.63) is 40.9 Å². The summed E-state index contributed by atoms with van der Waals surface area (Å²) in [5.74, 6) is 1.24. The molecule has 7 heteroatoms. The first-order chi connectivity index (χ1) is 12.7. The Balaban J connectivity index is 1.29. The van der Waals surface area contributed by atoms with Gasteiger partial charge in [-0.15, -0.1) is 11.8 Å². The summed E-state index contributed by atoms with van der Waals surface area (Å²) in [4.78, 5) is 33.1. The fourth-order valence-electron chi connectivity index (χ4n) is 2.95. The van der Waals surface area contributed by atoms with Crippen LogP contribution in [0.4, 0.5) is 5.13 Å². The van der Waals surface area contributed by atoms with Crippen LogP contribution in [0.5, 0.6) is 0 Å². The van der Waals surface area contributed by atoms with Crippen LogP contribution < -0.4 is 5.32 Å². The number of anilines is 1. The summed E-state index contributed by atoms with van der Waals surface area (Å²) < 4.78 is 0. The topological polar surface area (TPSA) is 62.3 Å². The lowest BCUT2D eigenvalue weighted by Crippen LogP contribution is -2.35. The second kappa shape index (κ2) is 7.80. The molecular formula is C19H21N3O2S2. The third-order valence-electron chi connectivity index (χ3n) is 4.59. The molecule has 0 bridgehead atoms. The smallest absolute Gasteiger partial charge is 0.229 e. The Labute approximate surface area is 161 Å². The molecular weight excluding hydrogens is 366 g/mol. The fraction of sp³-hybridized carbons (Fsp3) is 0.421. The van der Waals surface area contributed by atoms with Gasteiger partial charge in [0.15, 0.2) is 5.13 Å². The zero-order valence-electron chi connectivity index (χ0n) is 14.4. The molecule has 0 saturated heterocycles. The van der Waals surface area contributed by atoms with Crippen molar-refractivity contribution < 1.29 is 9.59 Å². The molecule has 1 N–H and O–H groups in total. The zero-order valence-corrected chi connectivity index (χ0v) is 16.1. The third kappa shape index (κ3) is 4.27. The summed E-state index contributed by atoms with van der Waals surface area (Å²) in [6.07, 6.45) is 3.28. The zero-order chi connectivity index (χ0) is 17.9. The van der Waals surface area contributed by atoms with E-state index in [0.717, 1.165) is 35.6 Å². The van der Waals surface area contributed by atoms with Crippen molar-refractivity contribution in [3.63, 3.8) is 0 Å². The summed E-state index contributed by atoms with van der Waals surface area (Å²) in [7, 11) is 0. The molecule has 1 fully saturated rings. The van der Waals surface area contributed by atoms with Crippen LogP contribution >= 0.6 is 23.1 Å². The highest BCUT2D eigenvalue weighted by molar-refractivity contribution is 7.99. The molecule has 1 saturated carbocycles. The third-order valence-corrected chi connectivity index (χ3v) is 6.60. The lowest BCUT2D eigenvalue weighted by molar-refractivity contribution is -0.131. The van der Waals surface area contributed by atoms with E-state index in [9.17, 15) is 9.59 Å². The fourth-order valence-corrected chi connectivity index (χ4v) is 4.83. The molecule has 0 atom stereocenters. The Morgan fingerprint density at radius 3 is 2.85 bits per heavy atom. The predicted octanol–water partition coefficient (Wildman–Crippen LogP) is 3.56. The minimum absolute atomic E-state index is 0.0852. The van der Waals surface area contributed by atoms with Crippen LogP contribution in [0.3, 0.4) is 0 Å². The van der Waals surface area contributed by atoms with E-state index >= 15 is 0 Å². The number of fused-ring (bicyclic) bond motifs is 1. The van der Waals surface area contributed by atoms with E-state index in [2.05, 4.69) is 22.4 Å². The minimum Gasteiger partial charge on any atom is -0.337 e. The van der Waals surface area contributed by atoms with Crippen LogP contribution in [0.2, 0.25) is 0 Å². The number of thiazole rings is 1. The predicted molar refractivity (Wildman–Crippen MR) is 104 cm³/mol. The van der Waals surface area contributed by atoms with Crippen LogP contribution in [0.1, 0.15) is 29.8 Å². The number of benzene rings is 1. The Bertz CT molecular complexity index is 802. The highest BCUT2D eigenvalue weighted by atomic mass is 32.2. The first-order valence-corrected chi connectivity index (χ1v) is 10.7. The SMILES string of the molecule is O=C(Nc1nc2c(s1)CN(C(=O)CCSc1ccccc1)CC2)C1CC1. The maximum absolute atomic E-state index is 12.5. The molecule has 1 aromatic heterocycles. The Morgan fingerprint density at radius 2 is 2.08 bits per heavy atom. The number of hydrogen-bond donors (Lipinski definition) is 1. The maximum Gasteiger partial charge on any atom is 0.229 e. The van der Waals surface area contributed by atoms with Gasteiger partial charge in [-0.2, -0.15) is 0 Å². The number of aromatic nitrogens is 1. The quantitative estimate of drug-likeness (QED) is 0.770. The number of nitrogens with zero attached hydrogens (tertiary/aromatic N) is 2. The molecule has 136 valence electrons. The highest BCUT2D eigenvalue weighted by Crippen LogP contribution is 2.33. The molecule has 1 aliphatic carbocycles. The van der Waals surface area contributed by atoms with Gasteiger partial charge in [-0.25, -0.2) is 4.98 Å². The van der Waals surface area contributed by atoms with E-state index in [1.807, 2.05) is 23.1 Å².